The summed E-state index contributed by atoms with van der Waals surface area (Å²) in [6.45, 7) is 7.83. The van der Waals surface area contributed by atoms with Crippen LogP contribution in [0.25, 0.3) is 0 Å². The van der Waals surface area contributed by atoms with Gasteiger partial charge in [0.15, 0.2) is 5.96 Å². The van der Waals surface area contributed by atoms with Crippen molar-refractivity contribution in [1.82, 2.24) is 20.4 Å². The molecule has 30 heavy (non-hydrogen) atoms. The minimum Gasteiger partial charge on any atom is -0.378 e. The molecule has 1 saturated heterocycles. The van der Waals surface area contributed by atoms with Gasteiger partial charge in [-0.25, -0.2) is 4.99 Å². The molecular weight excluding hydrogens is 378 g/mol. The number of nitrogens with zero attached hydrogens (tertiary/aromatic N) is 3. The van der Waals surface area contributed by atoms with Crippen molar-refractivity contribution in [2.24, 2.45) is 4.99 Å². The van der Waals surface area contributed by atoms with Crippen LogP contribution in [0.15, 0.2) is 35.3 Å². The molecule has 1 aliphatic heterocycles. The average molecular weight is 418 g/mol. The number of ether oxygens (including phenoxy) is 1. The summed E-state index contributed by atoms with van der Waals surface area (Å²) in [7, 11) is 3.49. The first kappa shape index (κ1) is 24.2. The van der Waals surface area contributed by atoms with Crippen molar-refractivity contribution >= 4 is 11.9 Å². The Morgan fingerprint density at radius 1 is 1.17 bits per heavy atom. The summed E-state index contributed by atoms with van der Waals surface area (Å²) in [4.78, 5) is 20.2. The highest BCUT2D eigenvalue weighted by atomic mass is 16.5. The number of carbonyl (C=O) groups excluding carboxylic acids is 1. The van der Waals surface area contributed by atoms with Crippen LogP contribution in [0.4, 0.5) is 0 Å². The van der Waals surface area contributed by atoms with E-state index in [0.717, 1.165) is 65.0 Å². The maximum absolute atomic E-state index is 11.7. The molecule has 2 N–H and O–H groups in total. The van der Waals surface area contributed by atoms with E-state index in [2.05, 4.69) is 57.8 Å². The Kier molecular flexibility index (Phi) is 11.3. The number of hydrogen-bond acceptors (Lipinski definition) is 4. The standard InChI is InChI=1S/C23H39N5O2/c1-4-13-24-23(26-18-22(29)27(2)3)25-14-8-17-30-21-11-15-28(16-12-21)19-20-9-6-5-7-10-20/h5-7,9-10,21H,4,8,11-19H2,1-3H3,(H2,24,25,26). The zero-order valence-electron chi connectivity index (χ0n) is 18.9. The highest BCUT2D eigenvalue weighted by molar-refractivity contribution is 5.84. The zero-order valence-corrected chi connectivity index (χ0v) is 18.9. The molecule has 7 nitrogen and oxygen atoms in total. The molecule has 0 unspecified atom stereocenters. The van der Waals surface area contributed by atoms with Crippen molar-refractivity contribution in [2.45, 2.75) is 45.3 Å². The molecule has 0 bridgehead atoms. The van der Waals surface area contributed by atoms with Crippen LogP contribution < -0.4 is 10.6 Å². The quantitative estimate of drug-likeness (QED) is 0.328. The highest BCUT2D eigenvalue weighted by Crippen LogP contribution is 2.16. The molecule has 1 amide bonds. The summed E-state index contributed by atoms with van der Waals surface area (Å²) in [5.74, 6) is 0.691. The first-order valence-corrected chi connectivity index (χ1v) is 11.2. The van der Waals surface area contributed by atoms with Crippen LogP contribution in [-0.4, -0.2) is 81.2 Å². The molecule has 168 valence electrons. The fourth-order valence-electron chi connectivity index (χ4n) is 3.31. The van der Waals surface area contributed by atoms with Crippen LogP contribution in [0.5, 0.6) is 0 Å². The topological polar surface area (TPSA) is 69.2 Å². The minimum atomic E-state index is -0.00506. The molecule has 1 aromatic rings. The fourth-order valence-corrected chi connectivity index (χ4v) is 3.31. The van der Waals surface area contributed by atoms with E-state index in [-0.39, 0.29) is 12.5 Å². The number of likely N-dealkylation sites (tertiary alicyclic amines) is 1. The van der Waals surface area contributed by atoms with Gasteiger partial charge in [-0.05, 0) is 31.2 Å². The molecule has 1 heterocycles. The summed E-state index contributed by atoms with van der Waals surface area (Å²) in [5, 5.41) is 6.55. The van der Waals surface area contributed by atoms with E-state index in [1.165, 1.54) is 5.56 Å². The largest absolute Gasteiger partial charge is 0.378 e. The number of guanidine groups is 1. The van der Waals surface area contributed by atoms with Crippen LogP contribution in [0.3, 0.4) is 0 Å². The van der Waals surface area contributed by atoms with Crippen LogP contribution in [0.2, 0.25) is 0 Å². The molecule has 0 aromatic heterocycles. The number of carbonyl (C=O) groups is 1. The van der Waals surface area contributed by atoms with Gasteiger partial charge in [0.1, 0.15) is 6.54 Å². The Morgan fingerprint density at radius 2 is 1.87 bits per heavy atom. The van der Waals surface area contributed by atoms with E-state index >= 15 is 0 Å². The van der Waals surface area contributed by atoms with Crippen LogP contribution >= 0.6 is 0 Å². The van der Waals surface area contributed by atoms with E-state index in [0.29, 0.717) is 12.1 Å². The number of benzene rings is 1. The van der Waals surface area contributed by atoms with Crippen molar-refractivity contribution in [2.75, 3.05) is 53.4 Å². The predicted octanol–water partition coefficient (Wildman–Crippen LogP) is 2.09. The monoisotopic (exact) mass is 417 g/mol. The molecule has 0 saturated carbocycles. The molecule has 1 aliphatic rings. The highest BCUT2D eigenvalue weighted by Gasteiger charge is 2.19. The smallest absolute Gasteiger partial charge is 0.243 e. The second-order valence-corrected chi connectivity index (χ2v) is 7.99. The first-order chi connectivity index (χ1) is 14.6. The van der Waals surface area contributed by atoms with Crippen molar-refractivity contribution in [3.05, 3.63) is 35.9 Å². The SMILES string of the molecule is CCCNC(=NCC(=O)N(C)C)NCCCOC1CCN(Cc2ccccc2)CC1. The number of aliphatic imine (C=N–C) groups is 1. The molecule has 0 radical (unpaired) electrons. The number of likely N-dealkylation sites (N-methyl/N-ethyl adjacent to an activating group) is 1. The Morgan fingerprint density at radius 3 is 2.53 bits per heavy atom. The number of hydrogen-bond donors (Lipinski definition) is 2. The van der Waals surface area contributed by atoms with Gasteiger partial charge in [0, 0.05) is 53.4 Å². The Balaban J connectivity index is 1.59. The number of amides is 1. The second kappa shape index (κ2) is 14.0. The lowest BCUT2D eigenvalue weighted by Gasteiger charge is -2.32. The summed E-state index contributed by atoms with van der Waals surface area (Å²) >= 11 is 0. The fraction of sp³-hybridized carbons (Fsp3) is 0.652. The second-order valence-electron chi connectivity index (χ2n) is 7.99. The lowest BCUT2D eigenvalue weighted by Crippen LogP contribution is -2.40. The van der Waals surface area contributed by atoms with E-state index < -0.39 is 0 Å². The van der Waals surface area contributed by atoms with Crippen molar-refractivity contribution < 1.29 is 9.53 Å². The molecule has 0 atom stereocenters. The minimum absolute atomic E-state index is 0.00506. The molecule has 1 fully saturated rings. The third-order valence-corrected chi connectivity index (χ3v) is 5.16. The molecule has 7 heteroatoms. The Bertz CT molecular complexity index is 628. The summed E-state index contributed by atoms with van der Waals surface area (Å²) in [5.41, 5.74) is 1.38. The molecular formula is C23H39N5O2. The van der Waals surface area contributed by atoms with Gasteiger partial charge in [-0.1, -0.05) is 37.3 Å². The third kappa shape index (κ3) is 9.59. The molecule has 0 spiro atoms. The maximum Gasteiger partial charge on any atom is 0.243 e. The lowest BCUT2D eigenvalue weighted by atomic mass is 10.1. The average Bonchev–Trinajstić information content (AvgIpc) is 2.76. The molecule has 0 aliphatic carbocycles. The van der Waals surface area contributed by atoms with Gasteiger partial charge in [-0.2, -0.15) is 0 Å². The third-order valence-electron chi connectivity index (χ3n) is 5.16. The van der Waals surface area contributed by atoms with Crippen molar-refractivity contribution in [3.63, 3.8) is 0 Å². The van der Waals surface area contributed by atoms with Gasteiger partial charge < -0.3 is 20.3 Å². The van der Waals surface area contributed by atoms with E-state index in [9.17, 15) is 4.79 Å². The van der Waals surface area contributed by atoms with Gasteiger partial charge in [0.05, 0.1) is 6.10 Å². The van der Waals surface area contributed by atoms with Gasteiger partial charge >= 0.3 is 0 Å². The Hall–Kier alpha value is -2.12. The van der Waals surface area contributed by atoms with Gasteiger partial charge in [-0.15, -0.1) is 0 Å². The normalized spacial score (nSPS) is 15.8. The van der Waals surface area contributed by atoms with Gasteiger partial charge in [0.25, 0.3) is 0 Å². The first-order valence-electron chi connectivity index (χ1n) is 11.2. The zero-order chi connectivity index (χ0) is 21.6. The summed E-state index contributed by atoms with van der Waals surface area (Å²) < 4.78 is 6.09. The number of nitrogens with one attached hydrogen (secondary N) is 2. The van der Waals surface area contributed by atoms with E-state index in [4.69, 9.17) is 4.74 Å². The van der Waals surface area contributed by atoms with Crippen LogP contribution in [-0.2, 0) is 16.1 Å². The van der Waals surface area contributed by atoms with Crippen molar-refractivity contribution in [1.29, 1.82) is 0 Å². The number of piperidine rings is 1. The molecule has 1 aromatic carbocycles. The number of rotatable bonds is 11. The van der Waals surface area contributed by atoms with E-state index in [1.807, 2.05) is 0 Å². The van der Waals surface area contributed by atoms with E-state index in [1.54, 1.807) is 19.0 Å². The van der Waals surface area contributed by atoms with Gasteiger partial charge in [0.2, 0.25) is 5.91 Å². The molecule has 2 rings (SSSR count). The summed E-state index contributed by atoms with van der Waals surface area (Å²) in [6.07, 6.45) is 4.48. The van der Waals surface area contributed by atoms with Crippen molar-refractivity contribution in [3.8, 4) is 0 Å². The maximum atomic E-state index is 11.7. The summed E-state index contributed by atoms with van der Waals surface area (Å²) in [6, 6.07) is 10.7. The Labute approximate surface area is 181 Å². The lowest BCUT2D eigenvalue weighted by molar-refractivity contribution is -0.127. The predicted molar refractivity (Wildman–Crippen MR) is 123 cm³/mol. The van der Waals surface area contributed by atoms with Crippen LogP contribution in [0.1, 0.15) is 38.2 Å². The van der Waals surface area contributed by atoms with Gasteiger partial charge in [-0.3, -0.25) is 9.69 Å². The van der Waals surface area contributed by atoms with Crippen LogP contribution in [0, 0.1) is 0 Å².